The van der Waals surface area contributed by atoms with Crippen LogP contribution >= 0.6 is 11.6 Å². The van der Waals surface area contributed by atoms with E-state index in [2.05, 4.69) is 0 Å². The van der Waals surface area contributed by atoms with E-state index in [0.717, 1.165) is 11.4 Å². The lowest BCUT2D eigenvalue weighted by Crippen LogP contribution is -2.44. The molecule has 0 heterocycles. The first kappa shape index (κ1) is 16.0. The topological polar surface area (TPSA) is 40.6 Å². The minimum atomic E-state index is -4.55. The number of alkyl halides is 4. The summed E-state index contributed by atoms with van der Waals surface area (Å²) in [6.07, 6.45) is -4.16. The second kappa shape index (κ2) is 6.04. The minimum absolute atomic E-state index is 0.0913. The largest absolute Gasteiger partial charge is 0.402 e. The molecule has 4 nitrogen and oxygen atoms in total. The molecule has 0 aliphatic heterocycles. The molecule has 0 aliphatic carbocycles. The zero-order valence-corrected chi connectivity index (χ0v) is 10.5. The van der Waals surface area contributed by atoms with Gasteiger partial charge in [-0.15, -0.1) is 11.6 Å². The van der Waals surface area contributed by atoms with Crippen molar-refractivity contribution >= 4 is 21.8 Å². The monoisotopic (exact) mass is 282 g/mol. The van der Waals surface area contributed by atoms with Crippen LogP contribution in [0.2, 0.25) is 0 Å². The molecule has 0 N–H and O–H groups in total. The molecule has 0 radical (unpaired) electrons. The number of rotatable bonds is 6. The number of nitrogens with zero attached hydrogens (tertiary/aromatic N) is 2. The van der Waals surface area contributed by atoms with Crippen molar-refractivity contribution < 1.29 is 21.6 Å². The molecule has 0 rings (SSSR count). The molecule has 0 fully saturated rings. The molecule has 0 atom stereocenters. The van der Waals surface area contributed by atoms with E-state index in [0.29, 0.717) is 6.42 Å². The van der Waals surface area contributed by atoms with Crippen molar-refractivity contribution in [1.82, 2.24) is 8.61 Å². The standard InChI is InChI=1S/C7H14ClF3N2O2S/c1-12(5-3-4-8)16(14,15)13(2)6-7(9,10)11/h3-6H2,1-2H3. The molecule has 16 heavy (non-hydrogen) atoms. The molecular formula is C7H14ClF3N2O2S. The highest BCUT2D eigenvalue weighted by Gasteiger charge is 2.35. The van der Waals surface area contributed by atoms with Crippen LogP contribution in [0.25, 0.3) is 0 Å². The van der Waals surface area contributed by atoms with E-state index in [-0.39, 0.29) is 16.7 Å². The predicted octanol–water partition coefficient (Wildman–Crippen LogP) is 1.29. The molecule has 98 valence electrons. The van der Waals surface area contributed by atoms with E-state index in [1.54, 1.807) is 0 Å². The molecule has 0 amide bonds. The molecule has 0 aliphatic rings. The van der Waals surface area contributed by atoms with Gasteiger partial charge >= 0.3 is 6.18 Å². The smallest absolute Gasteiger partial charge is 0.195 e. The number of halogens is 4. The minimum Gasteiger partial charge on any atom is -0.195 e. The Morgan fingerprint density at radius 1 is 1.19 bits per heavy atom. The first-order valence-corrected chi connectivity index (χ1v) is 6.34. The molecule has 0 saturated heterocycles. The van der Waals surface area contributed by atoms with Crippen LogP contribution in [0.3, 0.4) is 0 Å². The number of hydrogen-bond acceptors (Lipinski definition) is 2. The quantitative estimate of drug-likeness (QED) is 0.689. The predicted molar refractivity (Wildman–Crippen MR) is 55.6 cm³/mol. The van der Waals surface area contributed by atoms with Crippen LogP contribution in [0.4, 0.5) is 13.2 Å². The van der Waals surface area contributed by atoms with Crippen molar-refractivity contribution in [1.29, 1.82) is 0 Å². The van der Waals surface area contributed by atoms with E-state index < -0.39 is 22.9 Å². The van der Waals surface area contributed by atoms with Crippen molar-refractivity contribution in [3.63, 3.8) is 0 Å². The normalized spacial score (nSPS) is 13.8. The second-order valence-electron chi connectivity index (χ2n) is 3.24. The molecule has 0 saturated carbocycles. The first-order valence-electron chi connectivity index (χ1n) is 4.41. The zero-order chi connectivity index (χ0) is 13.0. The molecule has 0 spiro atoms. The summed E-state index contributed by atoms with van der Waals surface area (Å²) < 4.78 is 60.2. The van der Waals surface area contributed by atoms with Crippen LogP contribution in [0.5, 0.6) is 0 Å². The summed E-state index contributed by atoms with van der Waals surface area (Å²) in [4.78, 5) is 0. The van der Waals surface area contributed by atoms with E-state index in [1.165, 1.54) is 7.05 Å². The first-order chi connectivity index (χ1) is 7.11. The Bertz CT molecular complexity index is 307. The number of hydrogen-bond donors (Lipinski definition) is 0. The Kier molecular flexibility index (Phi) is 6.02. The van der Waals surface area contributed by atoms with Gasteiger partial charge < -0.3 is 0 Å². The van der Waals surface area contributed by atoms with Gasteiger partial charge in [-0.2, -0.15) is 30.2 Å². The molecule has 0 aromatic heterocycles. The highest BCUT2D eigenvalue weighted by atomic mass is 35.5. The van der Waals surface area contributed by atoms with Crippen LogP contribution in [0, 0.1) is 0 Å². The van der Waals surface area contributed by atoms with Crippen molar-refractivity contribution in [2.24, 2.45) is 0 Å². The maximum atomic E-state index is 12.0. The van der Waals surface area contributed by atoms with E-state index in [1.807, 2.05) is 0 Å². The Hall–Kier alpha value is -0.0500. The molecular weight excluding hydrogens is 269 g/mol. The zero-order valence-electron chi connectivity index (χ0n) is 8.96. The average molecular weight is 283 g/mol. The fourth-order valence-electron chi connectivity index (χ4n) is 0.970. The van der Waals surface area contributed by atoms with Crippen LogP contribution in [0.1, 0.15) is 6.42 Å². The average Bonchev–Trinajstić information content (AvgIpc) is 2.11. The summed E-state index contributed by atoms with van der Waals surface area (Å²) >= 11 is 5.37. The third-order valence-corrected chi connectivity index (χ3v) is 3.95. The van der Waals surface area contributed by atoms with Crippen LogP contribution in [-0.2, 0) is 10.2 Å². The Labute approximate surface area is 98.1 Å². The van der Waals surface area contributed by atoms with Gasteiger partial charge in [-0.25, -0.2) is 0 Å². The highest BCUT2D eigenvalue weighted by Crippen LogP contribution is 2.18. The SMILES string of the molecule is CN(CCCCl)S(=O)(=O)N(C)CC(F)(F)F. The van der Waals surface area contributed by atoms with E-state index in [4.69, 9.17) is 11.6 Å². The summed E-state index contributed by atoms with van der Waals surface area (Å²) in [7, 11) is -1.95. The summed E-state index contributed by atoms with van der Waals surface area (Å²) in [5.74, 6) is 0.253. The maximum Gasteiger partial charge on any atom is 0.402 e. The van der Waals surface area contributed by atoms with Gasteiger partial charge in [0.25, 0.3) is 10.2 Å². The van der Waals surface area contributed by atoms with Crippen molar-refractivity contribution in [2.75, 3.05) is 33.1 Å². The van der Waals surface area contributed by atoms with Gasteiger partial charge in [0.15, 0.2) is 0 Å². The van der Waals surface area contributed by atoms with Gasteiger partial charge in [0.1, 0.15) is 6.54 Å². The van der Waals surface area contributed by atoms with Crippen LogP contribution in [0.15, 0.2) is 0 Å². The Morgan fingerprint density at radius 3 is 2.06 bits per heavy atom. The fourth-order valence-corrected chi connectivity index (χ4v) is 2.23. The van der Waals surface area contributed by atoms with Crippen LogP contribution in [-0.4, -0.2) is 56.3 Å². The van der Waals surface area contributed by atoms with Gasteiger partial charge in [-0.1, -0.05) is 0 Å². The lowest BCUT2D eigenvalue weighted by molar-refractivity contribution is -0.134. The van der Waals surface area contributed by atoms with Gasteiger partial charge in [-0.3, -0.25) is 0 Å². The molecule has 0 bridgehead atoms. The van der Waals surface area contributed by atoms with Crippen molar-refractivity contribution in [2.45, 2.75) is 12.6 Å². The summed E-state index contributed by atoms with van der Waals surface area (Å²) in [5.41, 5.74) is 0. The highest BCUT2D eigenvalue weighted by molar-refractivity contribution is 7.86. The van der Waals surface area contributed by atoms with Crippen molar-refractivity contribution in [3.05, 3.63) is 0 Å². The van der Waals surface area contributed by atoms with Crippen LogP contribution < -0.4 is 0 Å². The van der Waals surface area contributed by atoms with Gasteiger partial charge in [-0.05, 0) is 6.42 Å². The third kappa shape index (κ3) is 5.33. The maximum absolute atomic E-state index is 12.0. The summed E-state index contributed by atoms with van der Waals surface area (Å²) in [6, 6.07) is 0. The van der Waals surface area contributed by atoms with Gasteiger partial charge in [0.05, 0.1) is 0 Å². The van der Waals surface area contributed by atoms with Gasteiger partial charge in [0.2, 0.25) is 0 Å². The molecule has 0 aromatic rings. The second-order valence-corrected chi connectivity index (χ2v) is 5.76. The Morgan fingerprint density at radius 2 is 1.69 bits per heavy atom. The lowest BCUT2D eigenvalue weighted by Gasteiger charge is -2.24. The van der Waals surface area contributed by atoms with E-state index in [9.17, 15) is 21.6 Å². The molecule has 0 unspecified atom stereocenters. The Balaban J connectivity index is 4.53. The lowest BCUT2D eigenvalue weighted by atomic mass is 10.5. The van der Waals surface area contributed by atoms with Crippen molar-refractivity contribution in [3.8, 4) is 0 Å². The summed E-state index contributed by atoms with van der Waals surface area (Å²) in [6.45, 7) is -1.41. The third-order valence-electron chi connectivity index (χ3n) is 1.80. The fraction of sp³-hybridized carbons (Fsp3) is 1.00. The van der Waals surface area contributed by atoms with Gasteiger partial charge in [0, 0.05) is 26.5 Å². The molecule has 0 aromatic carbocycles. The van der Waals surface area contributed by atoms with E-state index >= 15 is 0 Å². The summed E-state index contributed by atoms with van der Waals surface area (Å²) in [5, 5.41) is 0. The molecule has 9 heteroatoms.